The third kappa shape index (κ3) is 2.16. The minimum atomic E-state index is -0.0485. The molecular weight excluding hydrogens is 252 g/mol. The molecule has 0 aliphatic carbocycles. The van der Waals surface area contributed by atoms with Gasteiger partial charge in [0.15, 0.2) is 0 Å². The van der Waals surface area contributed by atoms with Gasteiger partial charge in [0.25, 0.3) is 5.91 Å². The largest absolute Gasteiger partial charge is 0.313 e. The maximum absolute atomic E-state index is 12.6. The van der Waals surface area contributed by atoms with Crippen molar-refractivity contribution >= 4 is 11.6 Å². The number of fused-ring (bicyclic) bond motifs is 1. The van der Waals surface area contributed by atoms with Crippen molar-refractivity contribution in [2.24, 2.45) is 0 Å². The monoisotopic (exact) mass is 268 g/mol. The highest BCUT2D eigenvalue weighted by molar-refractivity contribution is 6.06. The fraction of sp³-hybridized carbons (Fsp3) is 0.267. The maximum atomic E-state index is 12.6. The van der Waals surface area contributed by atoms with Crippen LogP contribution in [0, 0.1) is 0 Å². The number of nitrogens with zero attached hydrogens (tertiary/aromatic N) is 3. The summed E-state index contributed by atoms with van der Waals surface area (Å²) in [6.07, 6.45) is 5.44. The number of aromatic nitrogens is 2. The number of anilines is 1. The van der Waals surface area contributed by atoms with E-state index >= 15 is 0 Å². The molecule has 0 bridgehead atoms. The first-order valence-corrected chi connectivity index (χ1v) is 6.64. The Hall–Kier alpha value is -2.27. The number of para-hydroxylation sites is 1. The molecule has 1 N–H and O–H groups in total. The molecule has 5 heteroatoms. The van der Waals surface area contributed by atoms with E-state index in [0.717, 1.165) is 17.7 Å². The Morgan fingerprint density at radius 1 is 1.30 bits per heavy atom. The highest BCUT2D eigenvalue weighted by Gasteiger charge is 2.28. The zero-order valence-corrected chi connectivity index (χ0v) is 11.3. The van der Waals surface area contributed by atoms with Crippen LogP contribution in [-0.4, -0.2) is 29.5 Å². The van der Waals surface area contributed by atoms with Gasteiger partial charge in [0.1, 0.15) is 6.33 Å². The molecule has 1 aliphatic rings. The number of hydrogen-bond acceptors (Lipinski definition) is 4. The predicted octanol–water partition coefficient (Wildman–Crippen LogP) is 1.79. The molecule has 1 amide bonds. The van der Waals surface area contributed by atoms with Gasteiger partial charge in [-0.05, 0) is 25.1 Å². The number of nitrogens with one attached hydrogen (secondary N) is 1. The number of hydrogen-bond donors (Lipinski definition) is 1. The van der Waals surface area contributed by atoms with Crippen molar-refractivity contribution in [2.75, 3.05) is 18.5 Å². The summed E-state index contributed by atoms with van der Waals surface area (Å²) in [5, 5.41) is 3.30. The van der Waals surface area contributed by atoms with Crippen LogP contribution in [-0.2, 0) is 0 Å². The molecule has 1 aromatic carbocycles. The van der Waals surface area contributed by atoms with Crippen LogP contribution in [0.4, 0.5) is 5.69 Å². The summed E-state index contributed by atoms with van der Waals surface area (Å²) in [6, 6.07) is 8.31. The smallest absolute Gasteiger partial charge is 0.261 e. The van der Waals surface area contributed by atoms with Crippen LogP contribution in [0.5, 0.6) is 0 Å². The second kappa shape index (κ2) is 5.38. The minimum absolute atomic E-state index is 0.0485. The van der Waals surface area contributed by atoms with E-state index in [4.69, 9.17) is 0 Å². The van der Waals surface area contributed by atoms with E-state index in [1.807, 2.05) is 30.1 Å². The van der Waals surface area contributed by atoms with E-state index < -0.39 is 0 Å². The molecule has 20 heavy (non-hydrogen) atoms. The number of carbonyl (C=O) groups excluding carboxylic acids is 1. The molecule has 0 saturated heterocycles. The molecule has 3 rings (SSSR count). The summed E-state index contributed by atoms with van der Waals surface area (Å²) in [6.45, 7) is 0.691. The molecule has 2 heterocycles. The molecule has 0 radical (unpaired) electrons. The van der Waals surface area contributed by atoms with Gasteiger partial charge in [-0.3, -0.25) is 4.79 Å². The molecule has 1 aromatic heterocycles. The highest BCUT2D eigenvalue weighted by atomic mass is 16.2. The normalized spacial score (nSPS) is 17.6. The molecule has 2 aromatic rings. The Bertz CT molecular complexity index is 614. The van der Waals surface area contributed by atoms with Gasteiger partial charge in [-0.25, -0.2) is 9.97 Å². The molecule has 0 saturated carbocycles. The fourth-order valence-corrected chi connectivity index (χ4v) is 2.64. The summed E-state index contributed by atoms with van der Waals surface area (Å²) >= 11 is 0. The van der Waals surface area contributed by atoms with Crippen molar-refractivity contribution in [2.45, 2.75) is 12.5 Å². The average Bonchev–Trinajstić information content (AvgIpc) is 2.54. The SMILES string of the molecule is CNC1CCN(C(=O)c2cncnc2)c2ccccc21. The van der Waals surface area contributed by atoms with Crippen LogP contribution < -0.4 is 10.2 Å². The molecule has 102 valence electrons. The summed E-state index contributed by atoms with van der Waals surface area (Å²) in [4.78, 5) is 22.2. The Kier molecular flexibility index (Phi) is 3.43. The van der Waals surface area contributed by atoms with Gasteiger partial charge < -0.3 is 10.2 Å². The van der Waals surface area contributed by atoms with Gasteiger partial charge in [-0.2, -0.15) is 0 Å². The van der Waals surface area contributed by atoms with Crippen LogP contribution in [0.2, 0.25) is 0 Å². The summed E-state index contributed by atoms with van der Waals surface area (Å²) in [5.41, 5.74) is 2.64. The summed E-state index contributed by atoms with van der Waals surface area (Å²) in [7, 11) is 1.95. The van der Waals surface area contributed by atoms with Gasteiger partial charge >= 0.3 is 0 Å². The Labute approximate surface area is 117 Å². The van der Waals surface area contributed by atoms with Crippen LogP contribution in [0.15, 0.2) is 43.0 Å². The summed E-state index contributed by atoms with van der Waals surface area (Å²) < 4.78 is 0. The number of rotatable bonds is 2. The quantitative estimate of drug-likeness (QED) is 0.902. The Balaban J connectivity index is 1.98. The van der Waals surface area contributed by atoms with Crippen molar-refractivity contribution in [1.82, 2.24) is 15.3 Å². The fourth-order valence-electron chi connectivity index (χ4n) is 2.64. The van der Waals surface area contributed by atoms with E-state index in [1.54, 1.807) is 12.4 Å². The molecule has 0 fully saturated rings. The van der Waals surface area contributed by atoms with Gasteiger partial charge in [-0.1, -0.05) is 18.2 Å². The first-order chi connectivity index (χ1) is 9.81. The topological polar surface area (TPSA) is 58.1 Å². The molecular formula is C15H16N4O. The van der Waals surface area contributed by atoms with E-state index in [2.05, 4.69) is 21.4 Å². The number of benzene rings is 1. The van der Waals surface area contributed by atoms with Crippen LogP contribution in [0.1, 0.15) is 28.4 Å². The average molecular weight is 268 g/mol. The highest BCUT2D eigenvalue weighted by Crippen LogP contribution is 2.34. The van der Waals surface area contributed by atoms with Crippen molar-refractivity contribution in [3.8, 4) is 0 Å². The maximum Gasteiger partial charge on any atom is 0.261 e. The second-order valence-corrected chi connectivity index (χ2v) is 4.77. The predicted molar refractivity (Wildman–Crippen MR) is 76.6 cm³/mol. The molecule has 1 unspecified atom stereocenters. The van der Waals surface area contributed by atoms with Crippen LogP contribution >= 0.6 is 0 Å². The lowest BCUT2D eigenvalue weighted by atomic mass is 9.96. The van der Waals surface area contributed by atoms with E-state index in [0.29, 0.717) is 18.2 Å². The second-order valence-electron chi connectivity index (χ2n) is 4.77. The van der Waals surface area contributed by atoms with Gasteiger partial charge in [-0.15, -0.1) is 0 Å². The number of amides is 1. The first-order valence-electron chi connectivity index (χ1n) is 6.64. The third-order valence-corrected chi connectivity index (χ3v) is 3.65. The third-order valence-electron chi connectivity index (χ3n) is 3.65. The van der Waals surface area contributed by atoms with Gasteiger partial charge in [0.2, 0.25) is 0 Å². The van der Waals surface area contributed by atoms with E-state index in [-0.39, 0.29) is 5.91 Å². The first kappa shape index (κ1) is 12.7. The standard InChI is InChI=1S/C15H16N4O/c1-16-13-6-7-19(14-5-3-2-4-12(13)14)15(20)11-8-17-10-18-9-11/h2-5,8-10,13,16H,6-7H2,1H3. The Morgan fingerprint density at radius 3 is 2.80 bits per heavy atom. The van der Waals surface area contributed by atoms with Crippen molar-refractivity contribution in [3.05, 3.63) is 54.1 Å². The van der Waals surface area contributed by atoms with Crippen molar-refractivity contribution in [3.63, 3.8) is 0 Å². The van der Waals surface area contributed by atoms with E-state index in [1.165, 1.54) is 6.33 Å². The molecule has 1 aliphatic heterocycles. The lowest BCUT2D eigenvalue weighted by Crippen LogP contribution is -2.39. The minimum Gasteiger partial charge on any atom is -0.313 e. The van der Waals surface area contributed by atoms with E-state index in [9.17, 15) is 4.79 Å². The molecule has 5 nitrogen and oxygen atoms in total. The molecule has 1 atom stereocenters. The van der Waals surface area contributed by atoms with Gasteiger partial charge in [0, 0.05) is 30.7 Å². The van der Waals surface area contributed by atoms with Gasteiger partial charge in [0.05, 0.1) is 5.56 Å². The number of carbonyl (C=O) groups is 1. The van der Waals surface area contributed by atoms with Crippen LogP contribution in [0.3, 0.4) is 0 Å². The summed E-state index contributed by atoms with van der Waals surface area (Å²) in [5.74, 6) is -0.0485. The van der Waals surface area contributed by atoms with Crippen molar-refractivity contribution < 1.29 is 4.79 Å². The lowest BCUT2D eigenvalue weighted by molar-refractivity contribution is 0.0983. The van der Waals surface area contributed by atoms with Crippen molar-refractivity contribution in [1.29, 1.82) is 0 Å². The zero-order chi connectivity index (χ0) is 13.9. The lowest BCUT2D eigenvalue weighted by Gasteiger charge is -2.34. The Morgan fingerprint density at radius 2 is 2.05 bits per heavy atom. The molecule has 0 spiro atoms. The zero-order valence-electron chi connectivity index (χ0n) is 11.3. The van der Waals surface area contributed by atoms with Crippen LogP contribution in [0.25, 0.3) is 0 Å².